The highest BCUT2D eigenvalue weighted by Crippen LogP contribution is 2.42. The van der Waals surface area contributed by atoms with Crippen LogP contribution in [0.1, 0.15) is 51.6 Å². The summed E-state index contributed by atoms with van der Waals surface area (Å²) in [6.07, 6.45) is 4.18. The molecule has 6 rings (SSSR count). The van der Waals surface area contributed by atoms with Crippen molar-refractivity contribution in [2.45, 2.75) is 38.6 Å². The molecule has 34 heavy (non-hydrogen) atoms. The molecular formula is C24H21F3N6O. The minimum atomic E-state index is -1.50. The lowest BCUT2D eigenvalue weighted by Crippen LogP contribution is -2.36. The van der Waals surface area contributed by atoms with Gasteiger partial charge < -0.3 is 4.90 Å². The summed E-state index contributed by atoms with van der Waals surface area (Å²) in [7, 11) is 1.67. The molecule has 3 aromatic heterocycles. The van der Waals surface area contributed by atoms with E-state index >= 15 is 0 Å². The Morgan fingerprint density at radius 3 is 2.53 bits per heavy atom. The second kappa shape index (κ2) is 7.41. The lowest BCUT2D eigenvalue weighted by molar-refractivity contribution is 0.0733. The molecule has 1 fully saturated rings. The maximum atomic E-state index is 13.9. The van der Waals surface area contributed by atoms with Crippen LogP contribution in [0.25, 0.3) is 16.8 Å². The Bertz CT molecular complexity index is 1460. The quantitative estimate of drug-likeness (QED) is 0.429. The van der Waals surface area contributed by atoms with Crippen LogP contribution in [0.5, 0.6) is 0 Å². The zero-order chi connectivity index (χ0) is 23.7. The first-order valence-corrected chi connectivity index (χ1v) is 11.2. The Morgan fingerprint density at radius 1 is 1.09 bits per heavy atom. The van der Waals surface area contributed by atoms with Crippen LogP contribution in [0, 0.1) is 24.4 Å². The van der Waals surface area contributed by atoms with E-state index in [0.29, 0.717) is 35.4 Å². The molecule has 0 saturated heterocycles. The fourth-order valence-corrected chi connectivity index (χ4v) is 4.82. The zero-order valence-corrected chi connectivity index (χ0v) is 18.6. The van der Waals surface area contributed by atoms with Crippen LogP contribution in [-0.4, -0.2) is 42.0 Å². The molecule has 0 radical (unpaired) electrons. The van der Waals surface area contributed by atoms with Gasteiger partial charge in [-0.2, -0.15) is 19.9 Å². The minimum Gasteiger partial charge on any atom is -0.332 e. The van der Waals surface area contributed by atoms with Crippen LogP contribution in [0.4, 0.5) is 13.2 Å². The number of carbonyl (C=O) groups excluding carboxylic acids is 1. The maximum Gasteiger partial charge on any atom is 0.258 e. The van der Waals surface area contributed by atoms with Crippen molar-refractivity contribution in [1.29, 1.82) is 0 Å². The molecule has 0 unspecified atom stereocenters. The van der Waals surface area contributed by atoms with Gasteiger partial charge in [0.2, 0.25) is 0 Å². The third-order valence-electron chi connectivity index (χ3n) is 6.59. The number of aryl methyl sites for hydroxylation is 2. The summed E-state index contributed by atoms with van der Waals surface area (Å²) in [6, 6.07) is 3.87. The smallest absolute Gasteiger partial charge is 0.258 e. The predicted molar refractivity (Wildman–Crippen MR) is 117 cm³/mol. The molecule has 10 heteroatoms. The topological polar surface area (TPSA) is 68.3 Å². The van der Waals surface area contributed by atoms with Gasteiger partial charge in [0.1, 0.15) is 5.52 Å². The number of fused-ring (bicyclic) bond motifs is 2. The van der Waals surface area contributed by atoms with Gasteiger partial charge >= 0.3 is 0 Å². The number of amides is 1. The molecule has 1 aromatic carbocycles. The standard InChI is InChI=1S/C24H21F3N6O/c1-12-7-19-20(22(13-3-4-13)30-33(19)28-10-12)24(34)32-6-5-15-18(11-32)29-31(2)23(15)14-8-16(25)21(27)17(26)9-14/h7-10,13H,3-6,11H2,1-2H3. The average molecular weight is 466 g/mol. The van der Waals surface area contributed by atoms with Crippen LogP contribution in [0.2, 0.25) is 0 Å². The first kappa shape index (κ1) is 20.9. The molecule has 7 nitrogen and oxygen atoms in total. The van der Waals surface area contributed by atoms with Crippen molar-refractivity contribution in [2.75, 3.05) is 6.54 Å². The van der Waals surface area contributed by atoms with Crippen LogP contribution in [-0.2, 0) is 20.0 Å². The highest BCUT2D eigenvalue weighted by atomic mass is 19.2. The van der Waals surface area contributed by atoms with Crippen molar-refractivity contribution in [1.82, 2.24) is 29.5 Å². The van der Waals surface area contributed by atoms with Crippen molar-refractivity contribution < 1.29 is 18.0 Å². The summed E-state index contributed by atoms with van der Waals surface area (Å²) >= 11 is 0. The number of aromatic nitrogens is 5. The Labute approximate surface area is 192 Å². The van der Waals surface area contributed by atoms with Crippen molar-refractivity contribution in [3.05, 3.63) is 69.9 Å². The Balaban J connectivity index is 1.37. The molecule has 174 valence electrons. The van der Waals surface area contributed by atoms with Gasteiger partial charge in [-0.15, -0.1) is 0 Å². The number of hydrogen-bond donors (Lipinski definition) is 0. The van der Waals surface area contributed by atoms with Gasteiger partial charge in [-0.05, 0) is 49.9 Å². The first-order valence-electron chi connectivity index (χ1n) is 11.2. The van der Waals surface area contributed by atoms with E-state index < -0.39 is 17.5 Å². The van der Waals surface area contributed by atoms with Gasteiger partial charge in [0, 0.05) is 30.6 Å². The molecular weight excluding hydrogens is 445 g/mol. The van der Waals surface area contributed by atoms with Crippen LogP contribution >= 0.6 is 0 Å². The number of nitrogens with zero attached hydrogens (tertiary/aromatic N) is 6. The Hall–Kier alpha value is -3.69. The highest BCUT2D eigenvalue weighted by Gasteiger charge is 2.36. The third kappa shape index (κ3) is 3.19. The number of rotatable bonds is 3. The lowest BCUT2D eigenvalue weighted by Gasteiger charge is -2.26. The van der Waals surface area contributed by atoms with E-state index in [9.17, 15) is 18.0 Å². The molecule has 0 atom stereocenters. The zero-order valence-electron chi connectivity index (χ0n) is 18.6. The number of benzene rings is 1. The fourth-order valence-electron chi connectivity index (χ4n) is 4.82. The fraction of sp³-hybridized carbons (Fsp3) is 0.333. The number of carbonyl (C=O) groups is 1. The van der Waals surface area contributed by atoms with Gasteiger partial charge in [-0.3, -0.25) is 9.48 Å². The summed E-state index contributed by atoms with van der Waals surface area (Å²) in [5, 5.41) is 13.5. The summed E-state index contributed by atoms with van der Waals surface area (Å²) in [4.78, 5) is 15.4. The van der Waals surface area contributed by atoms with Gasteiger partial charge in [-0.1, -0.05) is 0 Å². The molecule has 4 aromatic rings. The Kier molecular flexibility index (Phi) is 4.55. The molecule has 0 bridgehead atoms. The minimum absolute atomic E-state index is 0.124. The van der Waals surface area contributed by atoms with Gasteiger partial charge in [0.15, 0.2) is 17.5 Å². The molecule has 0 spiro atoms. The average Bonchev–Trinajstić information content (AvgIpc) is 3.50. The lowest BCUT2D eigenvalue weighted by atomic mass is 9.98. The molecule has 2 aliphatic rings. The molecule has 0 N–H and O–H groups in total. The van der Waals surface area contributed by atoms with Gasteiger partial charge in [0.05, 0.1) is 35.4 Å². The van der Waals surface area contributed by atoms with E-state index in [2.05, 4.69) is 15.3 Å². The molecule has 1 amide bonds. The van der Waals surface area contributed by atoms with Gasteiger partial charge in [0.25, 0.3) is 5.91 Å². The van der Waals surface area contributed by atoms with Gasteiger partial charge in [-0.25, -0.2) is 13.2 Å². The van der Waals surface area contributed by atoms with Crippen molar-refractivity contribution in [2.24, 2.45) is 7.05 Å². The normalized spacial score (nSPS) is 15.7. The van der Waals surface area contributed by atoms with E-state index in [-0.39, 0.29) is 23.9 Å². The molecule has 4 heterocycles. The highest BCUT2D eigenvalue weighted by molar-refractivity contribution is 6.02. The summed E-state index contributed by atoms with van der Waals surface area (Å²) < 4.78 is 44.3. The largest absolute Gasteiger partial charge is 0.332 e. The van der Waals surface area contributed by atoms with E-state index in [0.717, 1.165) is 41.8 Å². The second-order valence-electron chi connectivity index (χ2n) is 9.07. The van der Waals surface area contributed by atoms with E-state index in [1.165, 1.54) is 9.31 Å². The number of hydrogen-bond acceptors (Lipinski definition) is 4. The summed E-state index contributed by atoms with van der Waals surface area (Å²) in [5.74, 6) is -3.85. The SMILES string of the molecule is Cc1cnn2nc(C3CC3)c(C(=O)N3CCc4c(nn(C)c4-c4cc(F)c(F)c(F)c4)C3)c2c1. The predicted octanol–water partition coefficient (Wildman–Crippen LogP) is 3.93. The van der Waals surface area contributed by atoms with Crippen molar-refractivity contribution >= 4 is 11.4 Å². The van der Waals surface area contributed by atoms with Crippen molar-refractivity contribution in [3.8, 4) is 11.3 Å². The molecule has 1 aliphatic carbocycles. The van der Waals surface area contributed by atoms with Crippen LogP contribution < -0.4 is 0 Å². The first-order chi connectivity index (χ1) is 16.3. The maximum absolute atomic E-state index is 13.9. The van der Waals surface area contributed by atoms with Crippen molar-refractivity contribution in [3.63, 3.8) is 0 Å². The van der Waals surface area contributed by atoms with E-state index in [1.54, 1.807) is 18.1 Å². The Morgan fingerprint density at radius 2 is 1.82 bits per heavy atom. The summed E-state index contributed by atoms with van der Waals surface area (Å²) in [5.41, 5.74) is 5.20. The second-order valence-corrected chi connectivity index (χ2v) is 9.07. The molecule has 1 aliphatic heterocycles. The molecule has 1 saturated carbocycles. The van der Waals surface area contributed by atoms with E-state index in [4.69, 9.17) is 0 Å². The third-order valence-corrected chi connectivity index (χ3v) is 6.59. The summed E-state index contributed by atoms with van der Waals surface area (Å²) in [6.45, 7) is 2.60. The van der Waals surface area contributed by atoms with E-state index in [1.807, 2.05) is 13.0 Å². The van der Waals surface area contributed by atoms with Crippen LogP contribution in [0.3, 0.4) is 0 Å². The number of halogens is 3. The monoisotopic (exact) mass is 466 g/mol. The van der Waals surface area contributed by atoms with Crippen LogP contribution in [0.15, 0.2) is 24.4 Å².